The van der Waals surface area contributed by atoms with Crippen molar-refractivity contribution in [2.45, 2.75) is 17.0 Å². The predicted octanol–water partition coefficient (Wildman–Crippen LogP) is 3.22. The molecule has 3 heterocycles. The maximum Gasteiger partial charge on any atom is 0.253 e. The molecule has 0 bridgehead atoms. The molecule has 0 spiro atoms. The Labute approximate surface area is 224 Å². The van der Waals surface area contributed by atoms with Gasteiger partial charge in [0.25, 0.3) is 10.0 Å². The van der Waals surface area contributed by atoms with Gasteiger partial charge in [0.15, 0.2) is 6.29 Å². The summed E-state index contributed by atoms with van der Waals surface area (Å²) in [6.07, 6.45) is -0.324. The van der Waals surface area contributed by atoms with E-state index < -0.39 is 10.0 Å². The average molecular weight is 563 g/mol. The molecule has 1 amide bonds. The van der Waals surface area contributed by atoms with Crippen LogP contribution >= 0.6 is 22.9 Å². The summed E-state index contributed by atoms with van der Waals surface area (Å²) in [7, 11) is -1.96. The van der Waals surface area contributed by atoms with Gasteiger partial charge >= 0.3 is 0 Å². The van der Waals surface area contributed by atoms with Crippen LogP contribution in [0.2, 0.25) is 5.02 Å². The van der Waals surface area contributed by atoms with Crippen LogP contribution < -0.4 is 0 Å². The zero-order valence-corrected chi connectivity index (χ0v) is 22.6. The number of sulfonamides is 1. The van der Waals surface area contributed by atoms with Crippen molar-refractivity contribution in [2.75, 3.05) is 46.4 Å². The van der Waals surface area contributed by atoms with Gasteiger partial charge in [0, 0.05) is 42.0 Å². The standard InChI is InChI=1S/C25H27ClN4O5S2/c1-28(16-23-34-10-11-35-23)25(27)18-4-2-17(3-5-18)14-29-8-9-30(15-22(29)31)37(32,33)24-12-19-6-7-20(26)13-21(19)36-24/h2-7,12-13,23,27H,8-11,14-16H2,1H3. The Morgan fingerprint density at radius 2 is 1.86 bits per heavy atom. The van der Waals surface area contributed by atoms with E-state index in [0.717, 1.165) is 32.5 Å². The van der Waals surface area contributed by atoms with Gasteiger partial charge in [-0.05, 0) is 29.1 Å². The van der Waals surface area contributed by atoms with E-state index in [1.165, 1.54) is 4.31 Å². The van der Waals surface area contributed by atoms with Crippen molar-refractivity contribution in [2.24, 2.45) is 0 Å². The topological polar surface area (TPSA) is 103 Å². The molecule has 0 radical (unpaired) electrons. The van der Waals surface area contributed by atoms with Gasteiger partial charge in [-0.3, -0.25) is 10.2 Å². The molecule has 3 aromatic rings. The van der Waals surface area contributed by atoms with Crippen molar-refractivity contribution in [1.82, 2.24) is 14.1 Å². The summed E-state index contributed by atoms with van der Waals surface area (Å²) in [6, 6.07) is 14.4. The molecule has 196 valence electrons. The first kappa shape index (κ1) is 26.1. The molecule has 9 nitrogen and oxygen atoms in total. The van der Waals surface area contributed by atoms with E-state index in [-0.39, 0.29) is 29.5 Å². The minimum absolute atomic E-state index is 0.198. The van der Waals surface area contributed by atoms with Crippen molar-refractivity contribution >= 4 is 54.8 Å². The van der Waals surface area contributed by atoms with Crippen molar-refractivity contribution < 1.29 is 22.7 Å². The molecule has 0 atom stereocenters. The second kappa shape index (κ2) is 10.7. The molecule has 2 aliphatic rings. The number of hydrogen-bond donors (Lipinski definition) is 1. The van der Waals surface area contributed by atoms with Crippen molar-refractivity contribution in [3.05, 3.63) is 64.7 Å². The number of carbonyl (C=O) groups is 1. The Morgan fingerprint density at radius 1 is 1.14 bits per heavy atom. The van der Waals surface area contributed by atoms with Crippen molar-refractivity contribution in [3.63, 3.8) is 0 Å². The highest BCUT2D eigenvalue weighted by molar-refractivity contribution is 7.91. The fourth-order valence-electron chi connectivity index (χ4n) is 4.33. The minimum atomic E-state index is -3.78. The van der Waals surface area contributed by atoms with Crippen LogP contribution in [0.25, 0.3) is 10.1 Å². The molecule has 0 saturated carbocycles. The number of likely N-dealkylation sites (N-methyl/N-ethyl adjacent to an activating group) is 1. The summed E-state index contributed by atoms with van der Waals surface area (Å²) in [5.41, 5.74) is 1.66. The summed E-state index contributed by atoms with van der Waals surface area (Å²) in [5, 5.41) is 9.79. The molecule has 5 rings (SSSR count). The third kappa shape index (κ3) is 5.66. The number of nitrogens with one attached hydrogen (secondary N) is 1. The van der Waals surface area contributed by atoms with Gasteiger partial charge in [0.1, 0.15) is 10.0 Å². The maximum absolute atomic E-state index is 13.2. The number of halogens is 1. The maximum atomic E-state index is 13.2. The number of amides is 1. The van der Waals surface area contributed by atoms with Gasteiger partial charge < -0.3 is 19.3 Å². The van der Waals surface area contributed by atoms with E-state index in [1.807, 2.05) is 31.3 Å². The van der Waals surface area contributed by atoms with E-state index in [4.69, 9.17) is 26.5 Å². The Morgan fingerprint density at radius 3 is 2.57 bits per heavy atom. The quantitative estimate of drug-likeness (QED) is 0.350. The molecule has 0 aliphatic carbocycles. The summed E-state index contributed by atoms with van der Waals surface area (Å²) in [5.74, 6) is 0.108. The molecule has 37 heavy (non-hydrogen) atoms. The summed E-state index contributed by atoms with van der Waals surface area (Å²) in [4.78, 5) is 16.3. The fraction of sp³-hybridized carbons (Fsp3) is 0.360. The van der Waals surface area contributed by atoms with Gasteiger partial charge in [-0.25, -0.2) is 8.42 Å². The molecule has 1 N–H and O–H groups in total. The number of hydrogen-bond acceptors (Lipinski definition) is 7. The van der Waals surface area contributed by atoms with E-state index >= 15 is 0 Å². The lowest BCUT2D eigenvalue weighted by molar-refractivity contribution is -0.134. The van der Waals surface area contributed by atoms with E-state index in [1.54, 1.807) is 34.1 Å². The van der Waals surface area contributed by atoms with Crippen LogP contribution in [-0.4, -0.2) is 87.0 Å². The number of piperazine rings is 1. The molecule has 2 fully saturated rings. The lowest BCUT2D eigenvalue weighted by Gasteiger charge is -2.33. The van der Waals surface area contributed by atoms with Crippen LogP contribution in [0.15, 0.2) is 52.7 Å². The SMILES string of the molecule is CN(CC1OCCO1)C(=N)c1ccc(CN2CCN(S(=O)(=O)c3cc4ccc(Cl)cc4s3)CC2=O)cc1. The molecule has 2 saturated heterocycles. The first-order chi connectivity index (χ1) is 17.7. The number of thiophene rings is 1. The number of rotatable bonds is 7. The second-order valence-corrected chi connectivity index (χ2v) is 12.7. The van der Waals surface area contributed by atoms with Crippen LogP contribution in [0.5, 0.6) is 0 Å². The molecule has 1 aromatic heterocycles. The number of amidine groups is 1. The smallest absolute Gasteiger partial charge is 0.253 e. The third-order valence-electron chi connectivity index (χ3n) is 6.43. The number of nitrogens with zero attached hydrogens (tertiary/aromatic N) is 3. The van der Waals surface area contributed by atoms with Crippen LogP contribution in [0.4, 0.5) is 0 Å². The number of fused-ring (bicyclic) bond motifs is 1. The van der Waals surface area contributed by atoms with Gasteiger partial charge in [0.05, 0.1) is 26.3 Å². The Bertz CT molecular complexity index is 1420. The first-order valence-electron chi connectivity index (χ1n) is 11.8. The van der Waals surface area contributed by atoms with Gasteiger partial charge in [-0.2, -0.15) is 4.31 Å². The van der Waals surface area contributed by atoms with E-state index in [2.05, 4.69) is 0 Å². The average Bonchev–Trinajstić information content (AvgIpc) is 3.55. The fourth-order valence-corrected chi connectivity index (χ4v) is 7.54. The highest BCUT2D eigenvalue weighted by atomic mass is 35.5. The molecular weight excluding hydrogens is 536 g/mol. The zero-order chi connectivity index (χ0) is 26.2. The summed E-state index contributed by atoms with van der Waals surface area (Å²) in [6.45, 7) is 2.31. The summed E-state index contributed by atoms with van der Waals surface area (Å²) < 4.78 is 39.6. The van der Waals surface area contributed by atoms with Gasteiger partial charge in [-0.15, -0.1) is 11.3 Å². The highest BCUT2D eigenvalue weighted by Crippen LogP contribution is 2.33. The van der Waals surface area contributed by atoms with Crippen LogP contribution in [0, 0.1) is 5.41 Å². The lowest BCUT2D eigenvalue weighted by atomic mass is 10.1. The monoisotopic (exact) mass is 562 g/mol. The predicted molar refractivity (Wildman–Crippen MR) is 143 cm³/mol. The van der Waals surface area contributed by atoms with Crippen molar-refractivity contribution in [3.8, 4) is 0 Å². The molecule has 2 aliphatic heterocycles. The van der Waals surface area contributed by atoms with E-state index in [9.17, 15) is 13.2 Å². The molecule has 2 aromatic carbocycles. The molecular formula is C25H27ClN4O5S2. The Hall–Kier alpha value is -2.54. The Kier molecular flexibility index (Phi) is 7.53. The van der Waals surface area contributed by atoms with Gasteiger partial charge in [-0.1, -0.05) is 41.9 Å². The largest absolute Gasteiger partial charge is 0.355 e. The third-order valence-corrected chi connectivity index (χ3v) is 10.1. The summed E-state index contributed by atoms with van der Waals surface area (Å²) >= 11 is 7.19. The number of benzene rings is 2. The second-order valence-electron chi connectivity index (χ2n) is 9.00. The highest BCUT2D eigenvalue weighted by Gasteiger charge is 2.34. The van der Waals surface area contributed by atoms with Crippen LogP contribution in [0.3, 0.4) is 0 Å². The van der Waals surface area contributed by atoms with Crippen LogP contribution in [0.1, 0.15) is 11.1 Å². The first-order valence-corrected chi connectivity index (χ1v) is 14.4. The number of ether oxygens (including phenoxy) is 2. The normalized spacial score (nSPS) is 17.6. The van der Waals surface area contributed by atoms with Gasteiger partial charge in [0.2, 0.25) is 5.91 Å². The Balaban J connectivity index is 1.19. The molecule has 0 unspecified atom stereocenters. The zero-order valence-electron chi connectivity index (χ0n) is 20.2. The molecule has 12 heteroatoms. The number of carbonyl (C=O) groups excluding carboxylic acids is 1. The van der Waals surface area contributed by atoms with Crippen molar-refractivity contribution in [1.29, 1.82) is 5.41 Å². The van der Waals surface area contributed by atoms with E-state index in [0.29, 0.717) is 43.7 Å². The van der Waals surface area contributed by atoms with Crippen LogP contribution in [-0.2, 0) is 30.8 Å². The lowest BCUT2D eigenvalue weighted by Crippen LogP contribution is -2.51. The minimum Gasteiger partial charge on any atom is -0.355 e.